The minimum absolute atomic E-state index is 0.287. The molecule has 4 heteroatoms. The smallest absolute Gasteiger partial charge is 0.0564 e. The zero-order valence-electron chi connectivity index (χ0n) is 13.1. The minimum Gasteiger partial charge on any atom is -0.381 e. The SMILES string of the molecule is CC1(COCCCCCCOCC2(C)COC2)COC1. The monoisotopic (exact) mass is 286 g/mol. The summed E-state index contributed by atoms with van der Waals surface area (Å²) in [6.45, 7) is 11.3. The van der Waals surface area contributed by atoms with Crippen LogP contribution in [0.5, 0.6) is 0 Å². The van der Waals surface area contributed by atoms with Gasteiger partial charge in [0, 0.05) is 24.0 Å². The lowest BCUT2D eigenvalue weighted by molar-refractivity contribution is -0.138. The molecule has 0 spiro atoms. The molecule has 0 atom stereocenters. The van der Waals surface area contributed by atoms with Crippen LogP contribution in [0, 0.1) is 10.8 Å². The summed E-state index contributed by atoms with van der Waals surface area (Å²) in [7, 11) is 0. The minimum atomic E-state index is 0.287. The van der Waals surface area contributed by atoms with Gasteiger partial charge in [-0.05, 0) is 12.8 Å². The highest BCUT2D eigenvalue weighted by Crippen LogP contribution is 2.27. The molecule has 0 aliphatic carbocycles. The molecule has 2 saturated heterocycles. The maximum absolute atomic E-state index is 5.71. The van der Waals surface area contributed by atoms with Gasteiger partial charge in [0.05, 0.1) is 39.6 Å². The molecule has 0 bridgehead atoms. The van der Waals surface area contributed by atoms with Gasteiger partial charge in [0.1, 0.15) is 0 Å². The Hall–Kier alpha value is -0.160. The molecule has 0 aromatic carbocycles. The number of hydrogen-bond acceptors (Lipinski definition) is 4. The second kappa shape index (κ2) is 7.74. The van der Waals surface area contributed by atoms with E-state index in [9.17, 15) is 0 Å². The topological polar surface area (TPSA) is 36.9 Å². The number of hydrogen-bond donors (Lipinski definition) is 0. The molecule has 0 saturated carbocycles. The molecule has 0 N–H and O–H groups in total. The first-order valence-electron chi connectivity index (χ1n) is 7.93. The van der Waals surface area contributed by atoms with Gasteiger partial charge in [0.15, 0.2) is 0 Å². The summed E-state index contributed by atoms with van der Waals surface area (Å²) in [5, 5.41) is 0. The fraction of sp³-hybridized carbons (Fsp3) is 1.00. The molecule has 118 valence electrons. The van der Waals surface area contributed by atoms with Crippen molar-refractivity contribution in [3.05, 3.63) is 0 Å². The van der Waals surface area contributed by atoms with Gasteiger partial charge in [-0.25, -0.2) is 0 Å². The molecule has 0 aromatic rings. The number of unbranched alkanes of at least 4 members (excludes halogenated alkanes) is 3. The van der Waals surface area contributed by atoms with Crippen molar-refractivity contribution in [2.24, 2.45) is 10.8 Å². The molecular weight excluding hydrogens is 256 g/mol. The number of rotatable bonds is 11. The van der Waals surface area contributed by atoms with E-state index in [1.807, 2.05) is 0 Å². The van der Waals surface area contributed by atoms with Crippen molar-refractivity contribution >= 4 is 0 Å². The predicted octanol–water partition coefficient (Wildman–Crippen LogP) is 2.65. The van der Waals surface area contributed by atoms with Crippen molar-refractivity contribution in [1.29, 1.82) is 0 Å². The summed E-state index contributed by atoms with van der Waals surface area (Å²) in [6.07, 6.45) is 4.78. The van der Waals surface area contributed by atoms with Gasteiger partial charge in [-0.2, -0.15) is 0 Å². The van der Waals surface area contributed by atoms with Gasteiger partial charge < -0.3 is 18.9 Å². The van der Waals surface area contributed by atoms with Gasteiger partial charge in [0.25, 0.3) is 0 Å². The van der Waals surface area contributed by atoms with Gasteiger partial charge in [-0.1, -0.05) is 26.7 Å². The van der Waals surface area contributed by atoms with Gasteiger partial charge >= 0.3 is 0 Å². The van der Waals surface area contributed by atoms with E-state index < -0.39 is 0 Å². The van der Waals surface area contributed by atoms with E-state index in [4.69, 9.17) is 18.9 Å². The Balaban J connectivity index is 1.30. The summed E-state index contributed by atoms with van der Waals surface area (Å²) in [5.74, 6) is 0. The Morgan fingerprint density at radius 3 is 1.40 bits per heavy atom. The Morgan fingerprint density at radius 2 is 1.10 bits per heavy atom. The summed E-state index contributed by atoms with van der Waals surface area (Å²) < 4.78 is 21.8. The molecule has 2 fully saturated rings. The lowest BCUT2D eigenvalue weighted by atomic mass is 9.90. The van der Waals surface area contributed by atoms with Crippen molar-refractivity contribution < 1.29 is 18.9 Å². The average Bonchev–Trinajstić information content (AvgIpc) is 2.36. The molecular formula is C16H30O4. The van der Waals surface area contributed by atoms with Crippen LogP contribution in [-0.2, 0) is 18.9 Å². The van der Waals surface area contributed by atoms with Crippen molar-refractivity contribution in [1.82, 2.24) is 0 Å². The third kappa shape index (κ3) is 5.32. The fourth-order valence-electron chi connectivity index (χ4n) is 2.47. The van der Waals surface area contributed by atoms with Crippen LogP contribution in [0.4, 0.5) is 0 Å². The molecule has 2 heterocycles. The Morgan fingerprint density at radius 1 is 0.700 bits per heavy atom. The maximum atomic E-state index is 5.71. The molecule has 2 rings (SSSR count). The van der Waals surface area contributed by atoms with E-state index >= 15 is 0 Å². The molecule has 2 aliphatic heterocycles. The highest BCUT2D eigenvalue weighted by molar-refractivity contribution is 4.80. The first kappa shape index (κ1) is 16.2. The Labute approximate surface area is 123 Å². The predicted molar refractivity (Wildman–Crippen MR) is 78.0 cm³/mol. The summed E-state index contributed by atoms with van der Waals surface area (Å²) in [5.41, 5.74) is 0.574. The molecule has 2 aliphatic rings. The van der Waals surface area contributed by atoms with E-state index in [-0.39, 0.29) is 10.8 Å². The van der Waals surface area contributed by atoms with Crippen LogP contribution in [0.3, 0.4) is 0 Å². The van der Waals surface area contributed by atoms with Crippen molar-refractivity contribution in [2.45, 2.75) is 39.5 Å². The van der Waals surface area contributed by atoms with Crippen LogP contribution in [0.2, 0.25) is 0 Å². The lowest BCUT2D eigenvalue weighted by Gasteiger charge is -2.37. The van der Waals surface area contributed by atoms with Crippen LogP contribution in [0.1, 0.15) is 39.5 Å². The van der Waals surface area contributed by atoms with Crippen molar-refractivity contribution in [3.8, 4) is 0 Å². The highest BCUT2D eigenvalue weighted by atomic mass is 16.5. The Bertz CT molecular complexity index is 244. The largest absolute Gasteiger partial charge is 0.381 e. The summed E-state index contributed by atoms with van der Waals surface area (Å²) in [4.78, 5) is 0. The molecule has 0 amide bonds. The molecule has 0 radical (unpaired) electrons. The van der Waals surface area contributed by atoms with Crippen molar-refractivity contribution in [3.63, 3.8) is 0 Å². The molecule has 4 nitrogen and oxygen atoms in total. The van der Waals surface area contributed by atoms with E-state index in [1.54, 1.807) is 0 Å². The first-order valence-corrected chi connectivity index (χ1v) is 7.93. The molecule has 0 aromatic heterocycles. The number of ether oxygens (including phenoxy) is 4. The van der Waals surface area contributed by atoms with Gasteiger partial charge in [0.2, 0.25) is 0 Å². The highest BCUT2D eigenvalue weighted by Gasteiger charge is 2.34. The zero-order chi connectivity index (χ0) is 14.3. The van der Waals surface area contributed by atoms with Gasteiger partial charge in [-0.15, -0.1) is 0 Å². The summed E-state index contributed by atoms with van der Waals surface area (Å²) >= 11 is 0. The quantitative estimate of drug-likeness (QED) is 0.547. The van der Waals surface area contributed by atoms with E-state index in [0.717, 1.165) is 65.7 Å². The lowest BCUT2D eigenvalue weighted by Crippen LogP contribution is -2.43. The van der Waals surface area contributed by atoms with Crippen LogP contribution in [0.25, 0.3) is 0 Å². The fourth-order valence-corrected chi connectivity index (χ4v) is 2.47. The van der Waals surface area contributed by atoms with Crippen LogP contribution < -0.4 is 0 Å². The first-order chi connectivity index (χ1) is 9.62. The second-order valence-corrected chi connectivity index (χ2v) is 7.13. The maximum Gasteiger partial charge on any atom is 0.0564 e. The molecule has 0 unspecified atom stereocenters. The Kier molecular flexibility index (Phi) is 6.27. The zero-order valence-corrected chi connectivity index (χ0v) is 13.1. The van der Waals surface area contributed by atoms with E-state index in [2.05, 4.69) is 13.8 Å². The molecule has 20 heavy (non-hydrogen) atoms. The second-order valence-electron chi connectivity index (χ2n) is 7.13. The normalized spacial score (nSPS) is 23.1. The van der Waals surface area contributed by atoms with Gasteiger partial charge in [-0.3, -0.25) is 0 Å². The summed E-state index contributed by atoms with van der Waals surface area (Å²) in [6, 6.07) is 0. The standard InChI is InChI=1S/C16H30O4/c1-15(11-19-12-15)9-17-7-5-3-4-6-8-18-10-16(2)13-20-14-16/h3-14H2,1-2H3. The van der Waals surface area contributed by atoms with Crippen molar-refractivity contribution in [2.75, 3.05) is 52.9 Å². The van der Waals surface area contributed by atoms with Crippen LogP contribution in [-0.4, -0.2) is 52.9 Å². The van der Waals surface area contributed by atoms with E-state index in [0.29, 0.717) is 0 Å². The third-order valence-corrected chi connectivity index (χ3v) is 4.03. The van der Waals surface area contributed by atoms with E-state index in [1.165, 1.54) is 12.8 Å². The van der Waals surface area contributed by atoms with Crippen LogP contribution >= 0.6 is 0 Å². The van der Waals surface area contributed by atoms with Crippen LogP contribution in [0.15, 0.2) is 0 Å². The third-order valence-electron chi connectivity index (χ3n) is 4.03. The average molecular weight is 286 g/mol.